The van der Waals surface area contributed by atoms with Crippen LogP contribution in [-0.4, -0.2) is 29.1 Å². The number of rotatable bonds is 7. The third kappa shape index (κ3) is 5.35. The second kappa shape index (κ2) is 7.59. The molecule has 0 saturated heterocycles. The standard InChI is InChI=1S/C17H23N3O2S/c1-20(2)16-7-3-15(4-8-16)13-19-12-11-14-5-9-17(10-6-14)23(18,21)22/h3-10,19H,11-13H2,1-2H3,(H2,18,21,22)/p+1. The van der Waals surface area contributed by atoms with Gasteiger partial charge in [0, 0.05) is 31.8 Å². The van der Waals surface area contributed by atoms with Gasteiger partial charge >= 0.3 is 0 Å². The third-order valence-corrected chi connectivity index (χ3v) is 4.65. The zero-order chi connectivity index (χ0) is 16.9. The second-order valence-electron chi connectivity index (χ2n) is 5.78. The maximum absolute atomic E-state index is 11.2. The number of nitrogens with zero attached hydrogens (tertiary/aromatic N) is 1. The van der Waals surface area contributed by atoms with Gasteiger partial charge in [0.05, 0.1) is 11.4 Å². The van der Waals surface area contributed by atoms with E-state index < -0.39 is 10.0 Å². The van der Waals surface area contributed by atoms with Gasteiger partial charge in [-0.1, -0.05) is 24.3 Å². The summed E-state index contributed by atoms with van der Waals surface area (Å²) in [4.78, 5) is 2.24. The Bertz CT molecular complexity index is 723. The number of primary sulfonamides is 1. The maximum Gasteiger partial charge on any atom is 0.238 e. The van der Waals surface area contributed by atoms with E-state index in [2.05, 4.69) is 34.5 Å². The SMILES string of the molecule is CN(C)c1ccc(C[NH2+]CCc2ccc(S(N)(=O)=O)cc2)cc1. The molecule has 0 fully saturated rings. The minimum Gasteiger partial charge on any atom is -0.378 e. The van der Waals surface area contributed by atoms with Crippen LogP contribution in [0.4, 0.5) is 5.69 Å². The molecule has 0 aliphatic rings. The Morgan fingerprint density at radius 3 is 2.04 bits per heavy atom. The van der Waals surface area contributed by atoms with Gasteiger partial charge in [-0.25, -0.2) is 13.6 Å². The molecule has 23 heavy (non-hydrogen) atoms. The molecule has 5 nitrogen and oxygen atoms in total. The molecule has 0 saturated carbocycles. The normalized spacial score (nSPS) is 11.4. The number of benzene rings is 2. The van der Waals surface area contributed by atoms with Crippen molar-refractivity contribution >= 4 is 15.7 Å². The molecule has 0 aliphatic heterocycles. The Morgan fingerprint density at radius 2 is 1.52 bits per heavy atom. The molecule has 0 bridgehead atoms. The van der Waals surface area contributed by atoms with Crippen LogP contribution in [0.3, 0.4) is 0 Å². The van der Waals surface area contributed by atoms with Crippen molar-refractivity contribution in [3.05, 3.63) is 59.7 Å². The van der Waals surface area contributed by atoms with E-state index in [9.17, 15) is 8.42 Å². The smallest absolute Gasteiger partial charge is 0.238 e. The largest absolute Gasteiger partial charge is 0.378 e. The zero-order valence-electron chi connectivity index (χ0n) is 13.6. The van der Waals surface area contributed by atoms with Crippen molar-refractivity contribution in [2.24, 2.45) is 5.14 Å². The summed E-state index contributed by atoms with van der Waals surface area (Å²) in [5, 5.41) is 7.33. The molecule has 0 spiro atoms. The van der Waals surface area contributed by atoms with E-state index in [0.717, 1.165) is 25.1 Å². The summed E-state index contributed by atoms with van der Waals surface area (Å²) in [7, 11) is 0.458. The molecule has 0 heterocycles. The van der Waals surface area contributed by atoms with Crippen LogP contribution in [0.15, 0.2) is 53.4 Å². The van der Waals surface area contributed by atoms with Crippen LogP contribution in [0.2, 0.25) is 0 Å². The lowest BCUT2D eigenvalue weighted by Gasteiger charge is -2.12. The number of anilines is 1. The summed E-state index contributed by atoms with van der Waals surface area (Å²) in [6, 6.07) is 15.3. The number of quaternary nitrogens is 1. The highest BCUT2D eigenvalue weighted by atomic mass is 32.2. The summed E-state index contributed by atoms with van der Waals surface area (Å²) < 4.78 is 22.4. The van der Waals surface area contributed by atoms with Crippen LogP contribution in [0.5, 0.6) is 0 Å². The highest BCUT2D eigenvalue weighted by Gasteiger charge is 2.06. The average molecular weight is 334 g/mol. The highest BCUT2D eigenvalue weighted by Crippen LogP contribution is 2.11. The molecule has 6 heteroatoms. The molecular formula is C17H24N3O2S+. The van der Waals surface area contributed by atoms with Gasteiger partial charge in [0.2, 0.25) is 10.0 Å². The first-order chi connectivity index (χ1) is 10.9. The number of hydrogen-bond donors (Lipinski definition) is 2. The van der Waals surface area contributed by atoms with Crippen molar-refractivity contribution in [1.82, 2.24) is 0 Å². The lowest BCUT2D eigenvalue weighted by molar-refractivity contribution is -0.670. The van der Waals surface area contributed by atoms with E-state index in [0.29, 0.717) is 0 Å². The fourth-order valence-corrected chi connectivity index (χ4v) is 2.83. The van der Waals surface area contributed by atoms with Crippen molar-refractivity contribution in [3.63, 3.8) is 0 Å². The first-order valence-corrected chi connectivity index (χ1v) is 9.10. The third-order valence-electron chi connectivity index (χ3n) is 3.72. The molecule has 0 amide bonds. The molecule has 2 aromatic carbocycles. The summed E-state index contributed by atoms with van der Waals surface area (Å²) in [5.74, 6) is 0. The maximum atomic E-state index is 11.2. The van der Waals surface area contributed by atoms with Gasteiger partial charge in [0.25, 0.3) is 0 Å². The summed E-state index contributed by atoms with van der Waals surface area (Å²) in [6.45, 7) is 1.88. The van der Waals surface area contributed by atoms with Crippen LogP contribution >= 0.6 is 0 Å². The molecule has 2 aromatic rings. The summed E-state index contributed by atoms with van der Waals surface area (Å²) in [5.41, 5.74) is 3.60. The van der Waals surface area contributed by atoms with Crippen molar-refractivity contribution in [2.45, 2.75) is 17.9 Å². The van der Waals surface area contributed by atoms with Gasteiger partial charge in [0.15, 0.2) is 0 Å². The fourth-order valence-electron chi connectivity index (χ4n) is 2.31. The monoisotopic (exact) mass is 334 g/mol. The van der Waals surface area contributed by atoms with Crippen LogP contribution in [-0.2, 0) is 23.0 Å². The molecule has 2 rings (SSSR count). The predicted octanol–water partition coefficient (Wildman–Crippen LogP) is 0.706. The van der Waals surface area contributed by atoms with Gasteiger partial charge in [-0.15, -0.1) is 0 Å². The van der Waals surface area contributed by atoms with Crippen molar-refractivity contribution in [3.8, 4) is 0 Å². The molecule has 0 unspecified atom stereocenters. The van der Waals surface area contributed by atoms with Crippen molar-refractivity contribution in [1.29, 1.82) is 0 Å². The molecule has 4 N–H and O–H groups in total. The Hall–Kier alpha value is -1.89. The molecule has 124 valence electrons. The fraction of sp³-hybridized carbons (Fsp3) is 0.294. The van der Waals surface area contributed by atoms with Gasteiger partial charge in [0.1, 0.15) is 6.54 Å². The second-order valence-corrected chi connectivity index (χ2v) is 7.34. The lowest BCUT2D eigenvalue weighted by Crippen LogP contribution is -2.83. The van der Waals surface area contributed by atoms with Gasteiger partial charge in [-0.2, -0.15) is 0 Å². The van der Waals surface area contributed by atoms with Crippen LogP contribution in [0, 0.1) is 0 Å². The predicted molar refractivity (Wildman–Crippen MR) is 92.8 cm³/mol. The number of hydrogen-bond acceptors (Lipinski definition) is 3. The summed E-state index contributed by atoms with van der Waals surface area (Å²) in [6.07, 6.45) is 0.890. The van der Waals surface area contributed by atoms with Crippen LogP contribution < -0.4 is 15.4 Å². The van der Waals surface area contributed by atoms with Gasteiger partial charge in [-0.05, 0) is 29.8 Å². The van der Waals surface area contributed by atoms with E-state index in [4.69, 9.17) is 5.14 Å². The van der Waals surface area contributed by atoms with Gasteiger partial charge in [-0.3, -0.25) is 0 Å². The average Bonchev–Trinajstić information content (AvgIpc) is 2.51. The van der Waals surface area contributed by atoms with Crippen LogP contribution in [0.1, 0.15) is 11.1 Å². The van der Waals surface area contributed by atoms with E-state index in [1.807, 2.05) is 26.2 Å². The minimum atomic E-state index is -3.60. The lowest BCUT2D eigenvalue weighted by atomic mass is 10.1. The Morgan fingerprint density at radius 1 is 0.957 bits per heavy atom. The molecule has 0 aromatic heterocycles. The van der Waals surface area contributed by atoms with Crippen molar-refractivity contribution < 1.29 is 13.7 Å². The van der Waals surface area contributed by atoms with Crippen LogP contribution in [0.25, 0.3) is 0 Å². The zero-order valence-corrected chi connectivity index (χ0v) is 14.4. The first kappa shape index (κ1) is 17.5. The highest BCUT2D eigenvalue weighted by molar-refractivity contribution is 7.89. The van der Waals surface area contributed by atoms with E-state index in [-0.39, 0.29) is 4.90 Å². The topological polar surface area (TPSA) is 80.0 Å². The van der Waals surface area contributed by atoms with E-state index in [1.165, 1.54) is 11.3 Å². The number of sulfonamides is 1. The van der Waals surface area contributed by atoms with Crippen molar-refractivity contribution in [2.75, 3.05) is 25.5 Å². The van der Waals surface area contributed by atoms with E-state index >= 15 is 0 Å². The number of nitrogens with two attached hydrogens (primary N) is 2. The summed E-state index contributed by atoms with van der Waals surface area (Å²) >= 11 is 0. The molecular weight excluding hydrogens is 310 g/mol. The van der Waals surface area contributed by atoms with Gasteiger partial charge < -0.3 is 10.2 Å². The molecule has 0 radical (unpaired) electrons. The molecule has 0 atom stereocenters. The Balaban J connectivity index is 1.79. The minimum absolute atomic E-state index is 0.159. The molecule has 0 aliphatic carbocycles. The quantitative estimate of drug-likeness (QED) is 0.732. The first-order valence-electron chi connectivity index (χ1n) is 7.56. The Labute approximate surface area is 138 Å². The van der Waals surface area contributed by atoms with E-state index in [1.54, 1.807) is 12.1 Å². The Kier molecular flexibility index (Phi) is 5.76.